The van der Waals surface area contributed by atoms with Crippen molar-refractivity contribution in [2.75, 3.05) is 13.6 Å². The second kappa shape index (κ2) is 4.72. The van der Waals surface area contributed by atoms with Crippen molar-refractivity contribution in [3.05, 3.63) is 0 Å². The van der Waals surface area contributed by atoms with Gasteiger partial charge in [0.1, 0.15) is 5.60 Å². The SMILES string of the molecule is CN1CC(NC(=O)OC(C)(C)C)CCC1=O. The second-order valence-electron chi connectivity index (χ2n) is 5.16. The number of piperidine rings is 1. The van der Waals surface area contributed by atoms with Gasteiger partial charge in [-0.1, -0.05) is 0 Å². The first-order chi connectivity index (χ1) is 7.28. The molecule has 0 bridgehead atoms. The number of ether oxygens (including phenoxy) is 1. The molecule has 1 fully saturated rings. The first-order valence-corrected chi connectivity index (χ1v) is 5.51. The van der Waals surface area contributed by atoms with E-state index in [0.717, 1.165) is 0 Å². The number of hydrogen-bond donors (Lipinski definition) is 1. The molecule has 5 heteroatoms. The molecule has 16 heavy (non-hydrogen) atoms. The van der Waals surface area contributed by atoms with E-state index >= 15 is 0 Å². The maximum Gasteiger partial charge on any atom is 0.407 e. The Balaban J connectivity index is 2.38. The molecule has 1 N–H and O–H groups in total. The van der Waals surface area contributed by atoms with Crippen molar-refractivity contribution < 1.29 is 14.3 Å². The molecule has 0 spiro atoms. The molecule has 92 valence electrons. The number of carbonyl (C=O) groups excluding carboxylic acids is 2. The summed E-state index contributed by atoms with van der Waals surface area (Å²) in [5, 5.41) is 2.77. The van der Waals surface area contributed by atoms with Crippen LogP contribution in [0.1, 0.15) is 33.6 Å². The number of nitrogens with one attached hydrogen (secondary N) is 1. The Morgan fingerprint density at radius 2 is 2.12 bits per heavy atom. The van der Waals surface area contributed by atoms with Crippen molar-refractivity contribution in [2.45, 2.75) is 45.3 Å². The predicted molar refractivity (Wildman–Crippen MR) is 60.0 cm³/mol. The van der Waals surface area contributed by atoms with Crippen molar-refractivity contribution in [1.82, 2.24) is 10.2 Å². The Morgan fingerprint density at radius 3 is 2.62 bits per heavy atom. The number of hydrogen-bond acceptors (Lipinski definition) is 3. The fourth-order valence-corrected chi connectivity index (χ4v) is 1.60. The minimum atomic E-state index is -0.486. The minimum Gasteiger partial charge on any atom is -0.444 e. The van der Waals surface area contributed by atoms with Crippen molar-refractivity contribution >= 4 is 12.0 Å². The van der Waals surface area contributed by atoms with E-state index in [9.17, 15) is 9.59 Å². The van der Waals surface area contributed by atoms with E-state index in [1.54, 1.807) is 11.9 Å². The molecule has 1 saturated heterocycles. The highest BCUT2D eigenvalue weighted by Crippen LogP contribution is 2.11. The fourth-order valence-electron chi connectivity index (χ4n) is 1.60. The van der Waals surface area contributed by atoms with Crippen LogP contribution < -0.4 is 5.32 Å². The zero-order valence-corrected chi connectivity index (χ0v) is 10.4. The van der Waals surface area contributed by atoms with Gasteiger partial charge in [0.15, 0.2) is 0 Å². The average Bonchev–Trinajstić information content (AvgIpc) is 2.08. The zero-order valence-electron chi connectivity index (χ0n) is 10.4. The van der Waals surface area contributed by atoms with Crippen molar-refractivity contribution in [2.24, 2.45) is 0 Å². The topological polar surface area (TPSA) is 58.6 Å². The van der Waals surface area contributed by atoms with Gasteiger partial charge in [-0.3, -0.25) is 4.79 Å². The summed E-state index contributed by atoms with van der Waals surface area (Å²) in [7, 11) is 1.74. The number of likely N-dealkylation sites (tertiary alicyclic amines) is 1. The van der Waals surface area contributed by atoms with Crippen molar-refractivity contribution in [1.29, 1.82) is 0 Å². The van der Waals surface area contributed by atoms with Gasteiger partial charge in [0.25, 0.3) is 0 Å². The van der Waals surface area contributed by atoms with Crippen LogP contribution in [0.2, 0.25) is 0 Å². The van der Waals surface area contributed by atoms with Gasteiger partial charge < -0.3 is 15.0 Å². The van der Waals surface area contributed by atoms with Gasteiger partial charge in [-0.2, -0.15) is 0 Å². The number of alkyl carbamates (subject to hydrolysis) is 1. The van der Waals surface area contributed by atoms with Gasteiger partial charge in [0.2, 0.25) is 5.91 Å². The lowest BCUT2D eigenvalue weighted by Crippen LogP contribution is -2.49. The van der Waals surface area contributed by atoms with Gasteiger partial charge in [-0.15, -0.1) is 0 Å². The number of nitrogens with zero attached hydrogens (tertiary/aromatic N) is 1. The van der Waals surface area contributed by atoms with Crippen LogP contribution in [0.3, 0.4) is 0 Å². The lowest BCUT2D eigenvalue weighted by Gasteiger charge is -2.30. The zero-order chi connectivity index (χ0) is 12.3. The molecule has 1 aliphatic rings. The minimum absolute atomic E-state index is 0.00227. The molecule has 0 aromatic heterocycles. The van der Waals surface area contributed by atoms with Gasteiger partial charge >= 0.3 is 6.09 Å². The monoisotopic (exact) mass is 228 g/mol. The van der Waals surface area contributed by atoms with Gasteiger partial charge in [0, 0.05) is 20.0 Å². The molecule has 1 unspecified atom stereocenters. The molecular weight excluding hydrogens is 208 g/mol. The smallest absolute Gasteiger partial charge is 0.407 e. The van der Waals surface area contributed by atoms with E-state index in [-0.39, 0.29) is 11.9 Å². The Kier molecular flexibility index (Phi) is 3.78. The maximum atomic E-state index is 11.5. The third kappa shape index (κ3) is 4.08. The lowest BCUT2D eigenvalue weighted by atomic mass is 10.1. The Hall–Kier alpha value is -1.26. The summed E-state index contributed by atoms with van der Waals surface area (Å²) in [4.78, 5) is 24.3. The van der Waals surface area contributed by atoms with Gasteiger partial charge in [-0.05, 0) is 27.2 Å². The summed E-state index contributed by atoms with van der Waals surface area (Å²) in [5.74, 6) is 0.127. The van der Waals surface area contributed by atoms with Crippen LogP contribution in [-0.2, 0) is 9.53 Å². The highest BCUT2D eigenvalue weighted by molar-refractivity contribution is 5.77. The van der Waals surface area contributed by atoms with Gasteiger partial charge in [0.05, 0.1) is 6.04 Å². The number of rotatable bonds is 1. The molecule has 0 aromatic carbocycles. The number of amides is 2. The van der Waals surface area contributed by atoms with E-state index in [0.29, 0.717) is 19.4 Å². The van der Waals surface area contributed by atoms with E-state index in [4.69, 9.17) is 4.74 Å². The van der Waals surface area contributed by atoms with E-state index < -0.39 is 11.7 Å². The molecular formula is C11H20N2O3. The molecule has 5 nitrogen and oxygen atoms in total. The first-order valence-electron chi connectivity index (χ1n) is 5.51. The third-order valence-corrected chi connectivity index (χ3v) is 2.35. The molecule has 1 aliphatic heterocycles. The summed E-state index contributed by atoms with van der Waals surface area (Å²) >= 11 is 0. The number of carbonyl (C=O) groups is 2. The van der Waals surface area contributed by atoms with Crippen LogP contribution in [-0.4, -0.2) is 42.1 Å². The Bertz CT molecular complexity index is 283. The van der Waals surface area contributed by atoms with Crippen LogP contribution in [0.4, 0.5) is 4.79 Å². The first kappa shape index (κ1) is 12.8. The summed E-state index contributed by atoms with van der Waals surface area (Å²) < 4.78 is 5.15. The van der Waals surface area contributed by atoms with E-state index in [1.807, 2.05) is 20.8 Å². The predicted octanol–water partition coefficient (Wildman–Crippen LogP) is 1.13. The second-order valence-corrected chi connectivity index (χ2v) is 5.16. The third-order valence-electron chi connectivity index (χ3n) is 2.35. The molecule has 0 aliphatic carbocycles. The fraction of sp³-hybridized carbons (Fsp3) is 0.818. The van der Waals surface area contributed by atoms with Crippen LogP contribution in [0.15, 0.2) is 0 Å². The summed E-state index contributed by atoms with van der Waals surface area (Å²) in [6, 6.07) is -0.00227. The Morgan fingerprint density at radius 1 is 1.50 bits per heavy atom. The maximum absolute atomic E-state index is 11.5. The molecule has 0 radical (unpaired) electrons. The largest absolute Gasteiger partial charge is 0.444 e. The number of likely N-dealkylation sites (N-methyl/N-ethyl adjacent to an activating group) is 1. The summed E-state index contributed by atoms with van der Waals surface area (Å²) in [6.07, 6.45) is 0.750. The lowest BCUT2D eigenvalue weighted by molar-refractivity contribution is -0.132. The molecule has 1 atom stereocenters. The van der Waals surface area contributed by atoms with Crippen molar-refractivity contribution in [3.8, 4) is 0 Å². The Labute approximate surface area is 96.1 Å². The normalized spacial score (nSPS) is 21.9. The highest BCUT2D eigenvalue weighted by atomic mass is 16.6. The molecule has 1 rings (SSSR count). The van der Waals surface area contributed by atoms with Crippen LogP contribution >= 0.6 is 0 Å². The molecule has 1 heterocycles. The van der Waals surface area contributed by atoms with Gasteiger partial charge in [-0.25, -0.2) is 4.79 Å². The standard InChI is InChI=1S/C11H20N2O3/c1-11(2,3)16-10(15)12-8-5-6-9(14)13(4)7-8/h8H,5-7H2,1-4H3,(H,12,15). The van der Waals surface area contributed by atoms with E-state index in [1.165, 1.54) is 0 Å². The molecule has 2 amide bonds. The van der Waals surface area contributed by atoms with E-state index in [2.05, 4.69) is 5.32 Å². The highest BCUT2D eigenvalue weighted by Gasteiger charge is 2.25. The van der Waals surface area contributed by atoms with Crippen LogP contribution in [0.5, 0.6) is 0 Å². The summed E-state index contributed by atoms with van der Waals surface area (Å²) in [6.45, 7) is 6.02. The summed E-state index contributed by atoms with van der Waals surface area (Å²) in [5.41, 5.74) is -0.486. The van der Waals surface area contributed by atoms with Crippen LogP contribution in [0, 0.1) is 0 Å². The van der Waals surface area contributed by atoms with Crippen LogP contribution in [0.25, 0.3) is 0 Å². The quantitative estimate of drug-likeness (QED) is 0.732. The molecule has 0 saturated carbocycles. The average molecular weight is 228 g/mol. The molecule has 0 aromatic rings. The van der Waals surface area contributed by atoms with Crippen molar-refractivity contribution in [3.63, 3.8) is 0 Å².